The normalized spacial score (nSPS) is 22.4. The molecule has 2 heterocycles. The highest BCUT2D eigenvalue weighted by Crippen LogP contribution is 2.34. The lowest BCUT2D eigenvalue weighted by Crippen LogP contribution is -2.47. The summed E-state index contributed by atoms with van der Waals surface area (Å²) < 4.78 is 24.6. The lowest BCUT2D eigenvalue weighted by Gasteiger charge is -2.33. The van der Waals surface area contributed by atoms with Gasteiger partial charge in [0.15, 0.2) is 9.84 Å². The van der Waals surface area contributed by atoms with Crippen molar-refractivity contribution in [2.45, 2.75) is 44.5 Å². The summed E-state index contributed by atoms with van der Waals surface area (Å²) in [4.78, 5) is 19.3. The Hall–Kier alpha value is -0.990. The summed E-state index contributed by atoms with van der Waals surface area (Å²) in [7, 11) is -3.01. The summed E-state index contributed by atoms with van der Waals surface area (Å²) in [5.41, 5.74) is 2.19. The van der Waals surface area contributed by atoms with Crippen LogP contribution in [0.4, 0.5) is 5.69 Å². The number of hydrogen-bond donors (Lipinski definition) is 0. The molecular formula is C18H24N2O3S3. The molecule has 0 spiro atoms. The highest BCUT2D eigenvalue weighted by Gasteiger charge is 2.36. The number of aliphatic imine (C=N–C) groups is 1. The average Bonchev–Trinajstić information content (AvgIpc) is 2.99. The van der Waals surface area contributed by atoms with E-state index >= 15 is 0 Å². The molecule has 26 heavy (non-hydrogen) atoms. The van der Waals surface area contributed by atoms with Crippen LogP contribution >= 0.6 is 23.5 Å². The van der Waals surface area contributed by atoms with Crippen LogP contribution in [0.25, 0.3) is 0 Å². The fourth-order valence-electron chi connectivity index (χ4n) is 3.28. The Morgan fingerprint density at radius 1 is 1.42 bits per heavy atom. The number of carbonyl (C=O) groups is 1. The van der Waals surface area contributed by atoms with E-state index in [1.807, 2.05) is 32.0 Å². The number of hydrogen-bond acceptors (Lipinski definition) is 6. The van der Waals surface area contributed by atoms with Crippen LogP contribution in [0.1, 0.15) is 32.3 Å². The standard InChI is InChI=1S/C18H24N2O3S3/c1-3-13(2)20(15-8-9-26(22,23)12-15)17(21)11-25-18-19-16-7-5-4-6-14(16)10-24-18/h4-7,13,15H,3,8-12H2,1-2H3/t13-,15+/m1/s1. The van der Waals surface area contributed by atoms with Crippen LogP contribution in [0.3, 0.4) is 0 Å². The van der Waals surface area contributed by atoms with Crippen molar-refractivity contribution in [1.29, 1.82) is 0 Å². The molecule has 0 bridgehead atoms. The van der Waals surface area contributed by atoms with Gasteiger partial charge in [-0.25, -0.2) is 13.4 Å². The summed E-state index contributed by atoms with van der Waals surface area (Å²) in [5.74, 6) is 1.45. The average molecular weight is 413 g/mol. The predicted molar refractivity (Wildman–Crippen MR) is 111 cm³/mol. The first-order valence-corrected chi connectivity index (χ1v) is 12.6. The second kappa shape index (κ2) is 8.35. The second-order valence-corrected chi connectivity index (χ2v) is 11.1. The molecule has 1 fully saturated rings. The van der Waals surface area contributed by atoms with Crippen molar-refractivity contribution in [3.63, 3.8) is 0 Å². The number of thioether (sulfide) groups is 2. The molecule has 142 valence electrons. The fourth-order valence-corrected chi connectivity index (χ4v) is 6.93. The van der Waals surface area contributed by atoms with Crippen LogP contribution in [-0.2, 0) is 20.4 Å². The molecular weight excluding hydrogens is 388 g/mol. The zero-order valence-electron chi connectivity index (χ0n) is 15.1. The highest BCUT2D eigenvalue weighted by atomic mass is 32.2. The molecule has 0 N–H and O–H groups in total. The molecule has 2 aliphatic heterocycles. The molecule has 0 aliphatic carbocycles. The van der Waals surface area contributed by atoms with Gasteiger partial charge in [-0.2, -0.15) is 0 Å². The SMILES string of the molecule is CC[C@@H](C)N(C(=O)CSC1=Nc2ccccc2CS1)[C@H]1CCS(=O)(=O)C1. The van der Waals surface area contributed by atoms with Gasteiger partial charge in [-0.15, -0.1) is 0 Å². The molecule has 8 heteroatoms. The van der Waals surface area contributed by atoms with Gasteiger partial charge in [0.2, 0.25) is 5.91 Å². The number of amides is 1. The number of nitrogens with zero attached hydrogens (tertiary/aromatic N) is 2. The van der Waals surface area contributed by atoms with Gasteiger partial charge in [-0.1, -0.05) is 48.6 Å². The largest absolute Gasteiger partial charge is 0.335 e. The minimum absolute atomic E-state index is 0.00797. The monoisotopic (exact) mass is 412 g/mol. The van der Waals surface area contributed by atoms with Crippen LogP contribution in [-0.4, -0.2) is 52.9 Å². The van der Waals surface area contributed by atoms with Crippen molar-refractivity contribution in [1.82, 2.24) is 4.90 Å². The smallest absolute Gasteiger partial charge is 0.233 e. The first kappa shape index (κ1) is 19.8. The molecule has 0 unspecified atom stereocenters. The number of carbonyl (C=O) groups excluding carboxylic acids is 1. The third-order valence-corrected chi connectivity index (χ3v) is 8.81. The van der Waals surface area contributed by atoms with Gasteiger partial charge < -0.3 is 4.90 Å². The maximum absolute atomic E-state index is 12.9. The second-order valence-electron chi connectivity index (χ2n) is 6.70. The zero-order valence-corrected chi connectivity index (χ0v) is 17.5. The van der Waals surface area contributed by atoms with Gasteiger partial charge in [0, 0.05) is 17.8 Å². The lowest BCUT2D eigenvalue weighted by atomic mass is 10.1. The number of fused-ring (bicyclic) bond motifs is 1. The van der Waals surface area contributed by atoms with Crippen molar-refractivity contribution in [2.24, 2.45) is 4.99 Å². The van der Waals surface area contributed by atoms with E-state index in [-0.39, 0.29) is 29.5 Å². The topological polar surface area (TPSA) is 66.8 Å². The van der Waals surface area contributed by atoms with Gasteiger partial charge in [0.05, 0.1) is 22.9 Å². The Bertz CT molecular complexity index is 808. The maximum atomic E-state index is 12.9. The third-order valence-electron chi connectivity index (χ3n) is 4.83. The summed E-state index contributed by atoms with van der Waals surface area (Å²) in [6, 6.07) is 7.90. The first-order valence-electron chi connectivity index (χ1n) is 8.83. The maximum Gasteiger partial charge on any atom is 0.233 e. The van der Waals surface area contributed by atoms with E-state index in [0.29, 0.717) is 12.2 Å². The summed E-state index contributed by atoms with van der Waals surface area (Å²) in [6.07, 6.45) is 1.36. The number of para-hydroxylation sites is 1. The molecule has 5 nitrogen and oxygen atoms in total. The Morgan fingerprint density at radius 3 is 2.88 bits per heavy atom. The van der Waals surface area contributed by atoms with E-state index < -0.39 is 9.84 Å². The zero-order chi connectivity index (χ0) is 18.7. The molecule has 2 aliphatic rings. The lowest BCUT2D eigenvalue weighted by molar-refractivity contribution is -0.132. The van der Waals surface area contributed by atoms with E-state index in [0.717, 1.165) is 22.2 Å². The van der Waals surface area contributed by atoms with Gasteiger partial charge in [0.1, 0.15) is 4.38 Å². The van der Waals surface area contributed by atoms with Gasteiger partial charge in [-0.3, -0.25) is 4.79 Å². The van der Waals surface area contributed by atoms with E-state index in [1.54, 1.807) is 16.7 Å². The third kappa shape index (κ3) is 4.64. The van der Waals surface area contributed by atoms with Crippen molar-refractivity contribution in [2.75, 3.05) is 17.3 Å². The summed E-state index contributed by atoms with van der Waals surface area (Å²) >= 11 is 3.11. The van der Waals surface area contributed by atoms with Crippen molar-refractivity contribution >= 4 is 49.3 Å². The minimum Gasteiger partial charge on any atom is -0.335 e. The molecule has 3 rings (SSSR count). The molecule has 0 saturated carbocycles. The van der Waals surface area contributed by atoms with Crippen LogP contribution in [0, 0.1) is 0 Å². The Labute approximate surface area is 163 Å². The van der Waals surface area contributed by atoms with E-state index in [4.69, 9.17) is 0 Å². The quantitative estimate of drug-likeness (QED) is 0.741. The number of benzene rings is 1. The van der Waals surface area contributed by atoms with Crippen molar-refractivity contribution in [3.8, 4) is 0 Å². The van der Waals surface area contributed by atoms with E-state index in [2.05, 4.69) is 11.1 Å². The first-order chi connectivity index (χ1) is 12.4. The molecule has 1 saturated heterocycles. The molecule has 1 aromatic rings. The molecule has 1 aromatic carbocycles. The molecule has 0 radical (unpaired) electrons. The predicted octanol–water partition coefficient (Wildman–Crippen LogP) is 3.47. The summed E-state index contributed by atoms with van der Waals surface area (Å²) in [5, 5.41) is 0. The van der Waals surface area contributed by atoms with Crippen LogP contribution in [0.5, 0.6) is 0 Å². The molecule has 1 amide bonds. The van der Waals surface area contributed by atoms with Gasteiger partial charge in [-0.05, 0) is 31.4 Å². The van der Waals surface area contributed by atoms with Gasteiger partial charge in [0.25, 0.3) is 0 Å². The van der Waals surface area contributed by atoms with Crippen LogP contribution in [0.2, 0.25) is 0 Å². The van der Waals surface area contributed by atoms with Crippen molar-refractivity contribution in [3.05, 3.63) is 29.8 Å². The fraction of sp³-hybridized carbons (Fsp3) is 0.556. The Kier molecular flexibility index (Phi) is 6.35. The van der Waals surface area contributed by atoms with E-state index in [1.165, 1.54) is 17.3 Å². The Morgan fingerprint density at radius 2 is 2.19 bits per heavy atom. The number of rotatable bonds is 5. The van der Waals surface area contributed by atoms with Crippen molar-refractivity contribution < 1.29 is 13.2 Å². The Balaban J connectivity index is 1.66. The summed E-state index contributed by atoms with van der Waals surface area (Å²) in [6.45, 7) is 4.02. The van der Waals surface area contributed by atoms with Crippen LogP contribution in [0.15, 0.2) is 29.3 Å². The minimum atomic E-state index is -3.01. The number of sulfone groups is 1. The van der Waals surface area contributed by atoms with Gasteiger partial charge >= 0.3 is 0 Å². The molecule has 0 aromatic heterocycles. The molecule has 2 atom stereocenters. The highest BCUT2D eigenvalue weighted by molar-refractivity contribution is 8.38. The van der Waals surface area contributed by atoms with E-state index in [9.17, 15) is 13.2 Å². The van der Waals surface area contributed by atoms with Crippen LogP contribution < -0.4 is 0 Å².